The molecule has 0 bridgehead atoms. The van der Waals surface area contributed by atoms with E-state index in [9.17, 15) is 4.79 Å². The first-order valence-corrected chi connectivity index (χ1v) is 8.52. The third kappa shape index (κ3) is 4.54. The van der Waals surface area contributed by atoms with Gasteiger partial charge in [-0.25, -0.2) is 9.97 Å². The van der Waals surface area contributed by atoms with Gasteiger partial charge in [-0.1, -0.05) is 44.2 Å². The molecule has 128 valence electrons. The molecule has 0 saturated heterocycles. The molecule has 0 atom stereocenters. The molecule has 1 N–H and O–H groups in total. The van der Waals surface area contributed by atoms with E-state index < -0.39 is 0 Å². The fourth-order valence-electron chi connectivity index (χ4n) is 2.36. The van der Waals surface area contributed by atoms with Crippen LogP contribution in [0.2, 0.25) is 0 Å². The maximum absolute atomic E-state index is 12.5. The van der Waals surface area contributed by atoms with Gasteiger partial charge < -0.3 is 10.2 Å². The first kappa shape index (κ1) is 17.9. The summed E-state index contributed by atoms with van der Waals surface area (Å²) in [4.78, 5) is 23.7. The smallest absolute Gasteiger partial charge is 0.270 e. The second kappa shape index (κ2) is 8.43. The zero-order chi connectivity index (χ0) is 17.5. The lowest BCUT2D eigenvalue weighted by Gasteiger charge is -2.21. The van der Waals surface area contributed by atoms with E-state index in [1.165, 1.54) is 0 Å². The van der Waals surface area contributed by atoms with Gasteiger partial charge in [0, 0.05) is 31.3 Å². The van der Waals surface area contributed by atoms with Crippen molar-refractivity contribution in [1.82, 2.24) is 15.3 Å². The van der Waals surface area contributed by atoms with Gasteiger partial charge in [-0.2, -0.15) is 0 Å². The van der Waals surface area contributed by atoms with Gasteiger partial charge in [-0.15, -0.1) is 0 Å². The summed E-state index contributed by atoms with van der Waals surface area (Å²) >= 11 is 0. The fraction of sp³-hybridized carbons (Fsp3) is 0.421. The minimum atomic E-state index is -0.156. The van der Waals surface area contributed by atoms with E-state index in [1.807, 2.05) is 30.3 Å². The first-order valence-electron chi connectivity index (χ1n) is 8.52. The van der Waals surface area contributed by atoms with Crippen LogP contribution >= 0.6 is 0 Å². The van der Waals surface area contributed by atoms with Crippen molar-refractivity contribution in [2.45, 2.75) is 27.7 Å². The third-order valence-corrected chi connectivity index (χ3v) is 3.74. The Morgan fingerprint density at radius 3 is 2.38 bits per heavy atom. The normalized spacial score (nSPS) is 10.7. The second-order valence-electron chi connectivity index (χ2n) is 6.08. The van der Waals surface area contributed by atoms with Gasteiger partial charge in [-0.3, -0.25) is 4.79 Å². The summed E-state index contributed by atoms with van der Waals surface area (Å²) in [5, 5.41) is 2.93. The molecule has 1 amide bonds. The molecule has 2 aromatic rings. The molecule has 0 spiro atoms. The largest absolute Gasteiger partial charge is 0.357 e. The molecule has 5 nitrogen and oxygen atoms in total. The standard InChI is InChI=1S/C19H26N4O/c1-5-23(6-2)17-12-16(19(24)20-13-14(3)4)21-18(22-17)15-10-8-7-9-11-15/h7-12,14H,5-6,13H2,1-4H3,(H,20,24). The van der Waals surface area contributed by atoms with Crippen molar-refractivity contribution in [2.24, 2.45) is 5.92 Å². The van der Waals surface area contributed by atoms with Crippen molar-refractivity contribution in [1.29, 1.82) is 0 Å². The number of aromatic nitrogens is 2. The summed E-state index contributed by atoms with van der Waals surface area (Å²) in [6.07, 6.45) is 0. The number of carbonyl (C=O) groups is 1. The van der Waals surface area contributed by atoms with E-state index in [1.54, 1.807) is 6.07 Å². The van der Waals surface area contributed by atoms with Crippen LogP contribution in [0.15, 0.2) is 36.4 Å². The van der Waals surface area contributed by atoms with Crippen molar-refractivity contribution in [3.63, 3.8) is 0 Å². The van der Waals surface area contributed by atoms with Crippen LogP contribution in [0.4, 0.5) is 5.82 Å². The highest BCUT2D eigenvalue weighted by atomic mass is 16.1. The molecular formula is C19H26N4O. The van der Waals surface area contributed by atoms with E-state index >= 15 is 0 Å². The summed E-state index contributed by atoms with van der Waals surface area (Å²) in [6.45, 7) is 10.6. The molecular weight excluding hydrogens is 300 g/mol. The average molecular weight is 326 g/mol. The van der Waals surface area contributed by atoms with E-state index in [0.29, 0.717) is 24.0 Å². The third-order valence-electron chi connectivity index (χ3n) is 3.74. The van der Waals surface area contributed by atoms with Crippen LogP contribution in [0, 0.1) is 5.92 Å². The van der Waals surface area contributed by atoms with Crippen molar-refractivity contribution in [3.8, 4) is 11.4 Å². The number of amides is 1. The predicted octanol–water partition coefficient (Wildman–Crippen LogP) is 3.38. The average Bonchev–Trinajstić information content (AvgIpc) is 2.61. The number of anilines is 1. The van der Waals surface area contributed by atoms with Crippen LogP contribution in [-0.2, 0) is 0 Å². The van der Waals surface area contributed by atoms with E-state index in [0.717, 1.165) is 24.5 Å². The number of rotatable bonds is 7. The summed E-state index contributed by atoms with van der Waals surface area (Å²) in [6, 6.07) is 11.5. The van der Waals surface area contributed by atoms with Crippen molar-refractivity contribution >= 4 is 11.7 Å². The Morgan fingerprint density at radius 2 is 1.79 bits per heavy atom. The fourth-order valence-corrected chi connectivity index (χ4v) is 2.36. The minimum Gasteiger partial charge on any atom is -0.357 e. The molecule has 0 aliphatic carbocycles. The molecule has 0 saturated carbocycles. The van der Waals surface area contributed by atoms with Crippen LogP contribution in [0.5, 0.6) is 0 Å². The van der Waals surface area contributed by atoms with Gasteiger partial charge in [0.15, 0.2) is 5.82 Å². The molecule has 1 aromatic heterocycles. The maximum atomic E-state index is 12.5. The Bertz CT molecular complexity index is 666. The van der Waals surface area contributed by atoms with Crippen LogP contribution < -0.4 is 10.2 Å². The number of hydrogen-bond acceptors (Lipinski definition) is 4. The molecule has 24 heavy (non-hydrogen) atoms. The molecule has 0 aliphatic heterocycles. The van der Waals surface area contributed by atoms with Crippen molar-refractivity contribution in [3.05, 3.63) is 42.1 Å². The lowest BCUT2D eigenvalue weighted by molar-refractivity contribution is 0.0944. The molecule has 0 unspecified atom stereocenters. The van der Waals surface area contributed by atoms with Gasteiger partial charge in [0.2, 0.25) is 0 Å². The Balaban J connectivity index is 2.42. The number of nitrogens with one attached hydrogen (secondary N) is 1. The molecule has 0 aliphatic rings. The number of carbonyl (C=O) groups excluding carboxylic acids is 1. The van der Waals surface area contributed by atoms with Crippen LogP contribution in [0.3, 0.4) is 0 Å². The Labute approximate surface area is 144 Å². The molecule has 2 rings (SSSR count). The summed E-state index contributed by atoms with van der Waals surface area (Å²) in [7, 11) is 0. The summed E-state index contributed by atoms with van der Waals surface area (Å²) in [5.41, 5.74) is 1.32. The van der Waals surface area contributed by atoms with Gasteiger partial charge in [-0.05, 0) is 19.8 Å². The lowest BCUT2D eigenvalue weighted by atomic mass is 10.2. The van der Waals surface area contributed by atoms with Crippen LogP contribution in [0.1, 0.15) is 38.2 Å². The van der Waals surface area contributed by atoms with Crippen molar-refractivity contribution < 1.29 is 4.79 Å². The highest BCUT2D eigenvalue weighted by Crippen LogP contribution is 2.20. The zero-order valence-electron chi connectivity index (χ0n) is 14.9. The second-order valence-corrected chi connectivity index (χ2v) is 6.08. The highest BCUT2D eigenvalue weighted by Gasteiger charge is 2.15. The molecule has 5 heteroatoms. The van der Waals surface area contributed by atoms with Crippen molar-refractivity contribution in [2.75, 3.05) is 24.5 Å². The SMILES string of the molecule is CCN(CC)c1cc(C(=O)NCC(C)C)nc(-c2ccccc2)n1. The van der Waals surface area contributed by atoms with E-state index in [-0.39, 0.29) is 5.91 Å². The first-order chi connectivity index (χ1) is 11.5. The maximum Gasteiger partial charge on any atom is 0.270 e. The van der Waals surface area contributed by atoms with E-state index in [4.69, 9.17) is 0 Å². The summed E-state index contributed by atoms with van der Waals surface area (Å²) < 4.78 is 0. The minimum absolute atomic E-state index is 0.156. The van der Waals surface area contributed by atoms with E-state index in [2.05, 4.69) is 47.9 Å². The molecule has 0 fully saturated rings. The monoisotopic (exact) mass is 326 g/mol. The zero-order valence-corrected chi connectivity index (χ0v) is 14.9. The Hall–Kier alpha value is -2.43. The highest BCUT2D eigenvalue weighted by molar-refractivity contribution is 5.93. The van der Waals surface area contributed by atoms with Gasteiger partial charge in [0.25, 0.3) is 5.91 Å². The van der Waals surface area contributed by atoms with Gasteiger partial charge in [0.1, 0.15) is 11.5 Å². The molecule has 1 aromatic carbocycles. The lowest BCUT2D eigenvalue weighted by Crippen LogP contribution is -2.29. The number of hydrogen-bond donors (Lipinski definition) is 1. The van der Waals surface area contributed by atoms with Gasteiger partial charge >= 0.3 is 0 Å². The van der Waals surface area contributed by atoms with Crippen LogP contribution in [-0.4, -0.2) is 35.5 Å². The molecule has 1 heterocycles. The molecule has 0 radical (unpaired) electrons. The predicted molar refractivity (Wildman–Crippen MR) is 98.2 cm³/mol. The Kier molecular flexibility index (Phi) is 6.29. The number of benzene rings is 1. The van der Waals surface area contributed by atoms with Gasteiger partial charge in [0.05, 0.1) is 0 Å². The van der Waals surface area contributed by atoms with Crippen LogP contribution in [0.25, 0.3) is 11.4 Å². The summed E-state index contributed by atoms with van der Waals surface area (Å²) in [5.74, 6) is 1.60. The topological polar surface area (TPSA) is 58.1 Å². The Morgan fingerprint density at radius 1 is 1.12 bits per heavy atom. The number of nitrogens with zero attached hydrogens (tertiary/aromatic N) is 3. The quantitative estimate of drug-likeness (QED) is 0.847.